The topological polar surface area (TPSA) is 70.9 Å². The van der Waals surface area contributed by atoms with Crippen molar-refractivity contribution in [3.05, 3.63) is 0 Å². The van der Waals surface area contributed by atoms with Crippen LogP contribution in [0.15, 0.2) is 5.16 Å². The van der Waals surface area contributed by atoms with Crippen LogP contribution in [0.25, 0.3) is 0 Å². The molecule has 4 aliphatic carbocycles. The van der Waals surface area contributed by atoms with Crippen molar-refractivity contribution in [2.24, 2.45) is 39.7 Å². The maximum atomic E-state index is 12.6. The molecule has 0 amide bonds. The highest BCUT2D eigenvalue weighted by Gasteiger charge is 2.66. The molecule has 5 rings (SSSR count). The zero-order chi connectivity index (χ0) is 19.7. The van der Waals surface area contributed by atoms with Crippen molar-refractivity contribution in [2.75, 3.05) is 13.1 Å². The van der Waals surface area contributed by atoms with Crippen molar-refractivity contribution < 1.29 is 14.7 Å². The number of oxime groups is 1. The molecule has 0 bridgehead atoms. The first-order valence-corrected chi connectivity index (χ1v) is 11.5. The Kier molecular flexibility index (Phi) is 4.27. The molecular weight excluding hydrogens is 352 g/mol. The van der Waals surface area contributed by atoms with Crippen molar-refractivity contribution in [1.29, 1.82) is 0 Å². The molecule has 0 aromatic rings. The van der Waals surface area contributed by atoms with E-state index in [0.29, 0.717) is 30.0 Å². The SMILES string of the molecule is C[C@H]1C[C@H]2[C@@H]3CCC(=O)[C@@]3(C)CC[C@@H]2[C@@]2(C)CC/C(=N/OC3CNC3)C[C@]12O. The Hall–Kier alpha value is -0.940. The molecule has 5 fully saturated rings. The third-order valence-corrected chi connectivity index (χ3v) is 9.88. The number of ketones is 1. The minimum absolute atomic E-state index is 0.0840. The Morgan fingerprint density at radius 2 is 1.93 bits per heavy atom. The van der Waals surface area contributed by atoms with Crippen LogP contribution < -0.4 is 5.32 Å². The van der Waals surface area contributed by atoms with Gasteiger partial charge in [0.25, 0.3) is 0 Å². The second kappa shape index (κ2) is 6.28. The fourth-order valence-corrected chi connectivity index (χ4v) is 7.81. The molecule has 2 N–H and O–H groups in total. The van der Waals surface area contributed by atoms with Crippen LogP contribution in [0.1, 0.15) is 72.1 Å². The number of Topliss-reactive ketones (excluding diaryl/α,β-unsaturated/α-hetero) is 1. The van der Waals surface area contributed by atoms with Crippen LogP contribution in [0.2, 0.25) is 0 Å². The maximum Gasteiger partial charge on any atom is 0.152 e. The van der Waals surface area contributed by atoms with Crippen LogP contribution in [0.5, 0.6) is 0 Å². The van der Waals surface area contributed by atoms with Gasteiger partial charge in [-0.05, 0) is 62.2 Å². The summed E-state index contributed by atoms with van der Waals surface area (Å²) < 4.78 is 0. The number of aliphatic hydroxyl groups is 1. The van der Waals surface area contributed by atoms with E-state index >= 15 is 0 Å². The molecule has 156 valence electrons. The number of fused-ring (bicyclic) bond motifs is 5. The van der Waals surface area contributed by atoms with Gasteiger partial charge in [0.1, 0.15) is 5.78 Å². The lowest BCUT2D eigenvalue weighted by atomic mass is 9.41. The number of hydrogen-bond acceptors (Lipinski definition) is 5. The number of carbonyl (C=O) groups is 1. The van der Waals surface area contributed by atoms with Crippen molar-refractivity contribution in [3.63, 3.8) is 0 Å². The highest BCUT2D eigenvalue weighted by molar-refractivity contribution is 5.87. The van der Waals surface area contributed by atoms with Crippen LogP contribution in [0.3, 0.4) is 0 Å². The average molecular weight is 389 g/mol. The quantitative estimate of drug-likeness (QED) is 0.712. The highest BCUT2D eigenvalue weighted by atomic mass is 16.6. The minimum Gasteiger partial charge on any atom is -0.390 e. The zero-order valence-corrected chi connectivity index (χ0v) is 17.7. The number of rotatable bonds is 2. The van der Waals surface area contributed by atoms with Gasteiger partial charge in [-0.25, -0.2) is 0 Å². The molecule has 0 spiro atoms. The van der Waals surface area contributed by atoms with Gasteiger partial charge in [0.2, 0.25) is 0 Å². The van der Waals surface area contributed by atoms with E-state index in [4.69, 9.17) is 4.84 Å². The fraction of sp³-hybridized carbons (Fsp3) is 0.913. The van der Waals surface area contributed by atoms with E-state index in [0.717, 1.165) is 63.7 Å². The molecule has 5 nitrogen and oxygen atoms in total. The number of nitrogens with zero attached hydrogens (tertiary/aromatic N) is 1. The Morgan fingerprint density at radius 1 is 1.14 bits per heavy atom. The summed E-state index contributed by atoms with van der Waals surface area (Å²) in [6.07, 6.45) is 7.73. The van der Waals surface area contributed by atoms with Crippen LogP contribution in [-0.4, -0.2) is 41.4 Å². The molecule has 1 aliphatic heterocycles. The van der Waals surface area contributed by atoms with Gasteiger partial charge in [0.15, 0.2) is 6.10 Å². The van der Waals surface area contributed by atoms with Crippen molar-refractivity contribution >= 4 is 11.5 Å². The van der Waals surface area contributed by atoms with E-state index in [1.54, 1.807) is 0 Å². The molecule has 5 aliphatic rings. The lowest BCUT2D eigenvalue weighted by Crippen LogP contribution is -2.65. The third-order valence-electron chi connectivity index (χ3n) is 9.88. The van der Waals surface area contributed by atoms with Gasteiger partial charge >= 0.3 is 0 Å². The lowest BCUT2D eigenvalue weighted by molar-refractivity contribution is -0.214. The monoisotopic (exact) mass is 388 g/mol. The minimum atomic E-state index is -0.706. The molecule has 4 saturated carbocycles. The standard InChI is InChI=1S/C23H36N2O3/c1-14-10-17-18-4-5-20(26)21(18,2)8-7-19(17)22(3)9-6-15(11-23(14,22)27)25-28-16-12-24-13-16/h14,16-19,24,27H,4-13H2,1-3H3/b25-15-/t14-,17-,18-,19-,21-,22+,23-/m0/s1. The Labute approximate surface area is 168 Å². The van der Waals surface area contributed by atoms with Gasteiger partial charge in [-0.1, -0.05) is 25.9 Å². The Morgan fingerprint density at radius 3 is 2.64 bits per heavy atom. The van der Waals surface area contributed by atoms with E-state index in [1.165, 1.54) is 0 Å². The van der Waals surface area contributed by atoms with Gasteiger partial charge in [-0.2, -0.15) is 0 Å². The third kappa shape index (κ3) is 2.44. The largest absolute Gasteiger partial charge is 0.390 e. The van der Waals surface area contributed by atoms with E-state index in [2.05, 4.69) is 31.2 Å². The number of nitrogens with one attached hydrogen (secondary N) is 1. The lowest BCUT2D eigenvalue weighted by Gasteiger charge is -2.65. The normalized spacial score (nSPS) is 52.6. The van der Waals surface area contributed by atoms with Gasteiger partial charge < -0.3 is 15.3 Å². The van der Waals surface area contributed by atoms with Gasteiger partial charge in [0, 0.05) is 36.8 Å². The molecule has 0 aromatic carbocycles. The van der Waals surface area contributed by atoms with Crippen LogP contribution >= 0.6 is 0 Å². The Balaban J connectivity index is 1.41. The first kappa shape index (κ1) is 19.0. The molecule has 28 heavy (non-hydrogen) atoms. The molecule has 0 unspecified atom stereocenters. The predicted octanol–water partition coefficient (Wildman–Crippen LogP) is 3.30. The molecular formula is C23H36N2O3. The predicted molar refractivity (Wildman–Crippen MR) is 108 cm³/mol. The van der Waals surface area contributed by atoms with E-state index in [9.17, 15) is 9.90 Å². The van der Waals surface area contributed by atoms with Gasteiger partial charge in [-0.3, -0.25) is 4.79 Å². The van der Waals surface area contributed by atoms with Crippen molar-refractivity contribution in [1.82, 2.24) is 5.32 Å². The van der Waals surface area contributed by atoms with Gasteiger partial charge in [0.05, 0.1) is 11.3 Å². The summed E-state index contributed by atoms with van der Waals surface area (Å²) >= 11 is 0. The number of hydrogen-bond donors (Lipinski definition) is 2. The van der Waals surface area contributed by atoms with E-state index < -0.39 is 5.60 Å². The summed E-state index contributed by atoms with van der Waals surface area (Å²) in [7, 11) is 0. The molecule has 5 heteroatoms. The van der Waals surface area contributed by atoms with Crippen LogP contribution in [-0.2, 0) is 9.63 Å². The van der Waals surface area contributed by atoms with Crippen molar-refractivity contribution in [2.45, 2.75) is 83.8 Å². The molecule has 1 heterocycles. The first-order valence-electron chi connectivity index (χ1n) is 11.5. The van der Waals surface area contributed by atoms with Gasteiger partial charge in [-0.15, -0.1) is 0 Å². The van der Waals surface area contributed by atoms with E-state index in [-0.39, 0.29) is 22.9 Å². The van der Waals surface area contributed by atoms with Crippen LogP contribution in [0, 0.1) is 34.5 Å². The highest BCUT2D eigenvalue weighted by Crippen LogP contribution is 2.67. The first-order chi connectivity index (χ1) is 13.3. The van der Waals surface area contributed by atoms with Crippen molar-refractivity contribution in [3.8, 4) is 0 Å². The summed E-state index contributed by atoms with van der Waals surface area (Å²) in [5, 5.41) is 19.7. The summed E-state index contributed by atoms with van der Waals surface area (Å²) in [4.78, 5) is 18.3. The smallest absolute Gasteiger partial charge is 0.152 e. The summed E-state index contributed by atoms with van der Waals surface area (Å²) in [5.74, 6) is 2.35. The Bertz CT molecular complexity index is 704. The average Bonchev–Trinajstić information content (AvgIpc) is 2.92. The van der Waals surface area contributed by atoms with E-state index in [1.807, 2.05) is 0 Å². The number of carbonyl (C=O) groups excluding carboxylic acids is 1. The second-order valence-electron chi connectivity index (χ2n) is 11.0. The second-order valence-corrected chi connectivity index (χ2v) is 11.0. The summed E-state index contributed by atoms with van der Waals surface area (Å²) in [6.45, 7) is 8.55. The molecule has 1 saturated heterocycles. The summed E-state index contributed by atoms with van der Waals surface area (Å²) in [5.41, 5.74) is 0.148. The zero-order valence-electron chi connectivity index (χ0n) is 17.7. The van der Waals surface area contributed by atoms with Crippen LogP contribution in [0.4, 0.5) is 0 Å². The fourth-order valence-electron chi connectivity index (χ4n) is 7.81. The molecule has 0 aromatic heterocycles. The summed E-state index contributed by atoms with van der Waals surface area (Å²) in [6, 6.07) is 0. The molecule has 7 atom stereocenters. The molecule has 0 radical (unpaired) electrons. The maximum absolute atomic E-state index is 12.6.